The minimum absolute atomic E-state index is 0.408. The Balaban J connectivity index is 2.32. The van der Waals surface area contributed by atoms with Crippen molar-refractivity contribution >= 4 is 27.5 Å². The van der Waals surface area contributed by atoms with Gasteiger partial charge in [0.25, 0.3) is 0 Å². The summed E-state index contributed by atoms with van der Waals surface area (Å²) in [6, 6.07) is 12.1. The molecular weight excluding hydrogens is 336 g/mol. The lowest BCUT2D eigenvalue weighted by Gasteiger charge is -2.15. The first kappa shape index (κ1) is 15.4. The van der Waals surface area contributed by atoms with Crippen LogP contribution in [0.4, 0.5) is 0 Å². The summed E-state index contributed by atoms with van der Waals surface area (Å²) in [6.07, 6.45) is 0. The van der Waals surface area contributed by atoms with Crippen molar-refractivity contribution in [3.8, 4) is 11.5 Å². The Hall–Kier alpha value is -0.990. The largest absolute Gasteiger partial charge is 0.457 e. The summed E-state index contributed by atoms with van der Waals surface area (Å²) in [6.45, 7) is 6.38. The molecule has 0 N–H and O–H groups in total. The topological polar surface area (TPSA) is 9.23 Å². The molecule has 2 aromatic carbocycles. The highest BCUT2D eigenvalue weighted by atomic mass is 79.9. The van der Waals surface area contributed by atoms with Crippen molar-refractivity contribution in [1.29, 1.82) is 0 Å². The van der Waals surface area contributed by atoms with Crippen LogP contribution in [0.25, 0.3) is 0 Å². The van der Waals surface area contributed by atoms with Crippen LogP contribution in [0.15, 0.2) is 40.9 Å². The van der Waals surface area contributed by atoms with Crippen LogP contribution in [-0.4, -0.2) is 0 Å². The van der Waals surface area contributed by atoms with Gasteiger partial charge in [-0.05, 0) is 59.9 Å². The Morgan fingerprint density at radius 3 is 2.50 bits per heavy atom. The van der Waals surface area contributed by atoms with Gasteiger partial charge in [0.1, 0.15) is 11.5 Å². The number of ether oxygens (including phenoxy) is 1. The monoisotopic (exact) mass is 352 g/mol. The molecular formula is C17H18BrClO. The van der Waals surface area contributed by atoms with Crippen molar-refractivity contribution < 1.29 is 4.74 Å². The maximum atomic E-state index is 6.04. The van der Waals surface area contributed by atoms with Crippen LogP contribution in [0.1, 0.15) is 36.5 Å². The standard InChI is InChI=1S/C17H18BrClO/c1-11(2)16-9-14(18)5-7-17(16)20-15-6-4-13(10-19)12(3)8-15/h4-9,11H,10H2,1-3H3. The summed E-state index contributed by atoms with van der Waals surface area (Å²) in [4.78, 5) is 0. The van der Waals surface area contributed by atoms with Gasteiger partial charge in [-0.1, -0.05) is 35.8 Å². The summed E-state index contributed by atoms with van der Waals surface area (Å²) in [5.74, 6) is 2.69. The molecule has 0 unspecified atom stereocenters. The molecule has 0 aromatic heterocycles. The van der Waals surface area contributed by atoms with Crippen LogP contribution in [0.5, 0.6) is 11.5 Å². The fraction of sp³-hybridized carbons (Fsp3) is 0.294. The predicted octanol–water partition coefficient (Wildman–Crippen LogP) is 6.41. The van der Waals surface area contributed by atoms with Crippen molar-refractivity contribution in [2.24, 2.45) is 0 Å². The van der Waals surface area contributed by atoms with Crippen LogP contribution < -0.4 is 4.74 Å². The Morgan fingerprint density at radius 2 is 1.90 bits per heavy atom. The van der Waals surface area contributed by atoms with Gasteiger partial charge in [-0.25, -0.2) is 0 Å². The molecule has 0 aliphatic heterocycles. The number of halogens is 2. The quantitative estimate of drug-likeness (QED) is 0.577. The van der Waals surface area contributed by atoms with Crippen molar-refractivity contribution in [3.05, 3.63) is 57.6 Å². The van der Waals surface area contributed by atoms with E-state index in [9.17, 15) is 0 Å². The first-order chi connectivity index (χ1) is 9.51. The number of benzene rings is 2. The Labute approximate surface area is 134 Å². The van der Waals surface area contributed by atoms with Crippen LogP contribution in [0, 0.1) is 6.92 Å². The average molecular weight is 354 g/mol. The van der Waals surface area contributed by atoms with Gasteiger partial charge in [0.2, 0.25) is 0 Å². The van der Waals surface area contributed by atoms with Crippen LogP contribution in [-0.2, 0) is 5.88 Å². The van der Waals surface area contributed by atoms with Gasteiger partial charge in [0, 0.05) is 10.4 Å². The van der Waals surface area contributed by atoms with E-state index in [1.54, 1.807) is 0 Å². The zero-order chi connectivity index (χ0) is 14.7. The molecule has 2 rings (SSSR count). The molecule has 0 spiro atoms. The second-order valence-electron chi connectivity index (χ2n) is 5.16. The van der Waals surface area contributed by atoms with Crippen molar-refractivity contribution in [2.75, 3.05) is 0 Å². The van der Waals surface area contributed by atoms with E-state index in [0.717, 1.165) is 27.1 Å². The van der Waals surface area contributed by atoms with Gasteiger partial charge in [-0.2, -0.15) is 0 Å². The van der Waals surface area contributed by atoms with Crippen molar-refractivity contribution in [2.45, 2.75) is 32.6 Å². The molecule has 0 aliphatic rings. The van der Waals surface area contributed by atoms with E-state index in [4.69, 9.17) is 16.3 Å². The fourth-order valence-corrected chi connectivity index (χ4v) is 2.75. The maximum absolute atomic E-state index is 6.04. The van der Waals surface area contributed by atoms with E-state index in [2.05, 4.69) is 42.8 Å². The third-order valence-corrected chi connectivity index (χ3v) is 4.06. The molecule has 0 atom stereocenters. The van der Waals surface area contributed by atoms with Crippen molar-refractivity contribution in [1.82, 2.24) is 0 Å². The molecule has 0 fully saturated rings. The van der Waals surface area contributed by atoms with E-state index in [1.807, 2.05) is 30.3 Å². The molecule has 1 nitrogen and oxygen atoms in total. The lowest BCUT2D eigenvalue weighted by molar-refractivity contribution is 0.472. The summed E-state index contributed by atoms with van der Waals surface area (Å²) in [5, 5.41) is 0. The normalized spacial score (nSPS) is 10.9. The van der Waals surface area contributed by atoms with Gasteiger partial charge in [-0.3, -0.25) is 0 Å². The molecule has 2 aromatic rings. The second-order valence-corrected chi connectivity index (χ2v) is 6.34. The van der Waals surface area contributed by atoms with Gasteiger partial charge in [0.05, 0.1) is 0 Å². The third-order valence-electron chi connectivity index (χ3n) is 3.28. The van der Waals surface area contributed by atoms with Gasteiger partial charge < -0.3 is 4.74 Å². The van der Waals surface area contributed by atoms with E-state index in [0.29, 0.717) is 11.8 Å². The zero-order valence-electron chi connectivity index (χ0n) is 11.9. The Bertz CT molecular complexity index is 608. The van der Waals surface area contributed by atoms with Crippen molar-refractivity contribution in [3.63, 3.8) is 0 Å². The minimum Gasteiger partial charge on any atom is -0.457 e. The molecule has 0 amide bonds. The molecule has 0 bridgehead atoms. The number of alkyl halides is 1. The summed E-state index contributed by atoms with van der Waals surface area (Å²) >= 11 is 9.39. The number of rotatable bonds is 4. The smallest absolute Gasteiger partial charge is 0.130 e. The molecule has 0 heterocycles. The molecule has 20 heavy (non-hydrogen) atoms. The van der Waals surface area contributed by atoms with Gasteiger partial charge in [0.15, 0.2) is 0 Å². The van der Waals surface area contributed by atoms with E-state index in [-0.39, 0.29) is 0 Å². The molecule has 0 aliphatic carbocycles. The van der Waals surface area contributed by atoms with Crippen LogP contribution in [0.3, 0.4) is 0 Å². The summed E-state index contributed by atoms with van der Waals surface area (Å²) in [7, 11) is 0. The number of hydrogen-bond donors (Lipinski definition) is 0. The average Bonchev–Trinajstić information content (AvgIpc) is 2.41. The van der Waals surface area contributed by atoms with Crippen LogP contribution >= 0.6 is 27.5 Å². The zero-order valence-corrected chi connectivity index (χ0v) is 14.3. The van der Waals surface area contributed by atoms with Crippen LogP contribution in [0.2, 0.25) is 0 Å². The van der Waals surface area contributed by atoms with E-state index < -0.39 is 0 Å². The maximum Gasteiger partial charge on any atom is 0.130 e. The molecule has 106 valence electrons. The second kappa shape index (κ2) is 6.64. The SMILES string of the molecule is Cc1cc(Oc2ccc(Br)cc2C(C)C)ccc1CCl. The Kier molecular flexibility index (Phi) is 5.11. The highest BCUT2D eigenvalue weighted by Crippen LogP contribution is 2.33. The minimum atomic E-state index is 0.408. The lowest BCUT2D eigenvalue weighted by Crippen LogP contribution is -1.95. The van der Waals surface area contributed by atoms with Gasteiger partial charge >= 0.3 is 0 Å². The van der Waals surface area contributed by atoms with E-state index >= 15 is 0 Å². The first-order valence-corrected chi connectivity index (χ1v) is 7.97. The predicted molar refractivity (Wildman–Crippen MR) is 89.0 cm³/mol. The van der Waals surface area contributed by atoms with Gasteiger partial charge in [-0.15, -0.1) is 11.6 Å². The summed E-state index contributed by atoms with van der Waals surface area (Å²) < 4.78 is 7.11. The molecule has 0 radical (unpaired) electrons. The molecule has 0 saturated heterocycles. The third kappa shape index (κ3) is 3.56. The molecule has 0 saturated carbocycles. The first-order valence-electron chi connectivity index (χ1n) is 6.64. The number of hydrogen-bond acceptors (Lipinski definition) is 1. The molecule has 3 heteroatoms. The highest BCUT2D eigenvalue weighted by molar-refractivity contribution is 9.10. The van der Waals surface area contributed by atoms with E-state index in [1.165, 1.54) is 5.56 Å². The highest BCUT2D eigenvalue weighted by Gasteiger charge is 2.10. The Morgan fingerprint density at radius 1 is 1.15 bits per heavy atom. The summed E-state index contributed by atoms with van der Waals surface area (Å²) in [5.41, 5.74) is 3.48. The lowest BCUT2D eigenvalue weighted by atomic mass is 10.0. The number of aryl methyl sites for hydroxylation is 1. The fourth-order valence-electron chi connectivity index (χ4n) is 2.07.